The van der Waals surface area contributed by atoms with Gasteiger partial charge in [-0.25, -0.2) is 4.98 Å². The van der Waals surface area contributed by atoms with Gasteiger partial charge in [0, 0.05) is 12.6 Å². The summed E-state index contributed by atoms with van der Waals surface area (Å²) >= 11 is 6.02. The van der Waals surface area contributed by atoms with Gasteiger partial charge < -0.3 is 9.47 Å². The molecule has 3 nitrogen and oxygen atoms in total. The molecule has 2 aromatic rings. The largest absolute Gasteiger partial charge is 0.323 e. The molecule has 1 aromatic heterocycles. The summed E-state index contributed by atoms with van der Waals surface area (Å²) in [6.45, 7) is 2.24. The van der Waals surface area contributed by atoms with Crippen LogP contribution in [0.3, 0.4) is 0 Å². The Kier molecular flexibility index (Phi) is 2.81. The van der Waals surface area contributed by atoms with Crippen LogP contribution in [0.2, 0.25) is 0 Å². The molecule has 90 valence electrons. The van der Waals surface area contributed by atoms with Crippen LogP contribution in [0.5, 0.6) is 0 Å². The molecule has 0 N–H and O–H groups in total. The number of hydrogen-bond acceptors (Lipinski definition) is 2. The van der Waals surface area contributed by atoms with Crippen LogP contribution in [-0.2, 0) is 5.88 Å². The fraction of sp³-hybridized carbons (Fsp3) is 0.462. The SMILES string of the molecule is CN1CCC(n2c(CCl)nc3ccccc32)C1. The summed E-state index contributed by atoms with van der Waals surface area (Å²) in [6, 6.07) is 8.80. The first-order valence-corrected chi connectivity index (χ1v) is 6.53. The Bertz CT molecular complexity index is 534. The molecule has 2 heterocycles. The first-order chi connectivity index (χ1) is 8.29. The van der Waals surface area contributed by atoms with Gasteiger partial charge in [-0.05, 0) is 32.1 Å². The first-order valence-electron chi connectivity index (χ1n) is 6.00. The first kappa shape index (κ1) is 11.1. The highest BCUT2D eigenvalue weighted by atomic mass is 35.5. The predicted molar refractivity (Wildman–Crippen MR) is 70.4 cm³/mol. The molecule has 0 aliphatic carbocycles. The molecular weight excluding hydrogens is 234 g/mol. The minimum Gasteiger partial charge on any atom is -0.323 e. The second-order valence-electron chi connectivity index (χ2n) is 4.73. The summed E-state index contributed by atoms with van der Waals surface area (Å²) in [5.74, 6) is 1.47. The van der Waals surface area contributed by atoms with E-state index in [1.54, 1.807) is 0 Å². The topological polar surface area (TPSA) is 21.1 Å². The van der Waals surface area contributed by atoms with Gasteiger partial charge in [0.05, 0.1) is 16.9 Å². The van der Waals surface area contributed by atoms with E-state index in [1.807, 2.05) is 6.07 Å². The van der Waals surface area contributed by atoms with Crippen molar-refractivity contribution in [2.45, 2.75) is 18.3 Å². The van der Waals surface area contributed by atoms with Gasteiger partial charge in [-0.1, -0.05) is 12.1 Å². The van der Waals surface area contributed by atoms with E-state index in [2.05, 4.69) is 39.7 Å². The van der Waals surface area contributed by atoms with Crippen molar-refractivity contribution in [1.29, 1.82) is 0 Å². The average Bonchev–Trinajstić information content (AvgIpc) is 2.91. The number of para-hydroxylation sites is 2. The smallest absolute Gasteiger partial charge is 0.125 e. The minimum atomic E-state index is 0.481. The molecule has 1 aromatic carbocycles. The number of hydrogen-bond donors (Lipinski definition) is 0. The molecule has 1 unspecified atom stereocenters. The molecule has 0 bridgehead atoms. The quantitative estimate of drug-likeness (QED) is 0.763. The number of imidazole rings is 1. The van der Waals surface area contributed by atoms with E-state index in [9.17, 15) is 0 Å². The number of nitrogens with zero attached hydrogens (tertiary/aromatic N) is 3. The summed E-state index contributed by atoms with van der Waals surface area (Å²) in [4.78, 5) is 6.97. The lowest BCUT2D eigenvalue weighted by molar-refractivity contribution is 0.393. The van der Waals surface area contributed by atoms with Crippen LogP contribution in [0.15, 0.2) is 24.3 Å². The maximum absolute atomic E-state index is 6.02. The summed E-state index contributed by atoms with van der Waals surface area (Å²) in [7, 11) is 2.17. The molecule has 17 heavy (non-hydrogen) atoms. The second kappa shape index (κ2) is 4.31. The Morgan fingerprint density at radius 1 is 1.41 bits per heavy atom. The van der Waals surface area contributed by atoms with Crippen LogP contribution in [0.1, 0.15) is 18.3 Å². The van der Waals surface area contributed by atoms with E-state index in [0.717, 1.165) is 24.4 Å². The van der Waals surface area contributed by atoms with Gasteiger partial charge in [-0.2, -0.15) is 0 Å². The molecule has 0 saturated carbocycles. The number of aromatic nitrogens is 2. The van der Waals surface area contributed by atoms with Gasteiger partial charge in [0.1, 0.15) is 5.82 Å². The Labute approximate surface area is 106 Å². The van der Waals surface area contributed by atoms with Crippen molar-refractivity contribution >= 4 is 22.6 Å². The molecule has 1 atom stereocenters. The van der Waals surface area contributed by atoms with Crippen LogP contribution in [0.25, 0.3) is 11.0 Å². The number of alkyl halides is 1. The van der Waals surface area contributed by atoms with Crippen LogP contribution in [0.4, 0.5) is 0 Å². The lowest BCUT2D eigenvalue weighted by Gasteiger charge is -2.15. The number of fused-ring (bicyclic) bond motifs is 1. The van der Waals surface area contributed by atoms with E-state index >= 15 is 0 Å². The zero-order chi connectivity index (χ0) is 11.8. The maximum atomic E-state index is 6.02. The van der Waals surface area contributed by atoms with Crippen LogP contribution < -0.4 is 0 Å². The highest BCUT2D eigenvalue weighted by molar-refractivity contribution is 6.16. The molecule has 1 saturated heterocycles. The van der Waals surface area contributed by atoms with Crippen LogP contribution in [-0.4, -0.2) is 34.6 Å². The Morgan fingerprint density at radius 2 is 2.24 bits per heavy atom. The lowest BCUT2D eigenvalue weighted by atomic mass is 10.2. The fourth-order valence-corrected chi connectivity index (χ4v) is 2.91. The summed E-state index contributed by atoms with van der Waals surface area (Å²) in [5.41, 5.74) is 2.26. The van der Waals surface area contributed by atoms with E-state index in [1.165, 1.54) is 11.9 Å². The van der Waals surface area contributed by atoms with Crippen LogP contribution >= 0.6 is 11.6 Å². The van der Waals surface area contributed by atoms with E-state index in [4.69, 9.17) is 11.6 Å². The van der Waals surface area contributed by atoms with Gasteiger partial charge >= 0.3 is 0 Å². The van der Waals surface area contributed by atoms with Gasteiger partial charge in [0.2, 0.25) is 0 Å². The molecule has 0 amide bonds. The zero-order valence-corrected chi connectivity index (χ0v) is 10.7. The molecule has 1 aliphatic rings. The predicted octanol–water partition coefficient (Wildman–Crippen LogP) is 2.65. The number of halogens is 1. The molecule has 4 heteroatoms. The monoisotopic (exact) mass is 249 g/mol. The molecule has 3 rings (SSSR count). The normalized spacial score (nSPS) is 21.4. The lowest BCUT2D eigenvalue weighted by Crippen LogP contribution is -2.17. The third kappa shape index (κ3) is 1.83. The van der Waals surface area contributed by atoms with Crippen LogP contribution in [0, 0.1) is 0 Å². The van der Waals surface area contributed by atoms with Crippen molar-refractivity contribution in [3.05, 3.63) is 30.1 Å². The van der Waals surface area contributed by atoms with Crippen molar-refractivity contribution in [2.24, 2.45) is 0 Å². The number of benzene rings is 1. The summed E-state index contributed by atoms with van der Waals surface area (Å²) in [5, 5.41) is 0. The zero-order valence-electron chi connectivity index (χ0n) is 9.93. The van der Waals surface area contributed by atoms with Gasteiger partial charge in [-0.3, -0.25) is 0 Å². The van der Waals surface area contributed by atoms with E-state index < -0.39 is 0 Å². The van der Waals surface area contributed by atoms with Crippen molar-refractivity contribution in [3.8, 4) is 0 Å². The third-order valence-corrected chi connectivity index (χ3v) is 3.76. The van der Waals surface area contributed by atoms with Gasteiger partial charge in [0.15, 0.2) is 0 Å². The second-order valence-corrected chi connectivity index (χ2v) is 4.99. The standard InChI is InChI=1S/C13H16ClN3/c1-16-7-6-10(9-16)17-12-5-3-2-4-11(12)15-13(17)8-14/h2-5,10H,6-9H2,1H3. The maximum Gasteiger partial charge on any atom is 0.125 e. The molecule has 0 radical (unpaired) electrons. The Hall–Kier alpha value is -1.06. The van der Waals surface area contributed by atoms with Crippen molar-refractivity contribution in [3.63, 3.8) is 0 Å². The molecule has 1 aliphatic heterocycles. The van der Waals surface area contributed by atoms with Crippen molar-refractivity contribution in [1.82, 2.24) is 14.5 Å². The Balaban J connectivity index is 2.12. The van der Waals surface area contributed by atoms with Crippen molar-refractivity contribution in [2.75, 3.05) is 20.1 Å². The van der Waals surface area contributed by atoms with E-state index in [-0.39, 0.29) is 0 Å². The number of likely N-dealkylation sites (N-methyl/N-ethyl adjacent to an activating group) is 1. The molecule has 0 spiro atoms. The molecule has 1 fully saturated rings. The average molecular weight is 250 g/mol. The van der Waals surface area contributed by atoms with E-state index in [0.29, 0.717) is 11.9 Å². The van der Waals surface area contributed by atoms with Crippen molar-refractivity contribution < 1.29 is 0 Å². The highest BCUT2D eigenvalue weighted by Gasteiger charge is 2.24. The van der Waals surface area contributed by atoms with Gasteiger partial charge in [-0.15, -0.1) is 11.6 Å². The number of likely N-dealkylation sites (tertiary alicyclic amines) is 1. The highest BCUT2D eigenvalue weighted by Crippen LogP contribution is 2.28. The number of rotatable bonds is 2. The molecular formula is C13H16ClN3. The fourth-order valence-electron chi connectivity index (χ4n) is 2.72. The summed E-state index contributed by atoms with van der Waals surface area (Å²) in [6.07, 6.45) is 1.18. The Morgan fingerprint density at radius 3 is 2.94 bits per heavy atom. The third-order valence-electron chi connectivity index (χ3n) is 3.52. The van der Waals surface area contributed by atoms with Gasteiger partial charge in [0.25, 0.3) is 0 Å². The summed E-state index contributed by atoms with van der Waals surface area (Å²) < 4.78 is 2.33. The minimum absolute atomic E-state index is 0.481.